The van der Waals surface area contributed by atoms with E-state index in [4.69, 9.17) is 0 Å². The number of hydrogen-bond acceptors (Lipinski definition) is 3. The predicted octanol–water partition coefficient (Wildman–Crippen LogP) is 3.09. The first kappa shape index (κ1) is 18.7. The molecule has 0 spiro atoms. The number of carbonyl (C=O) groups is 1. The monoisotopic (exact) mass is 324 g/mol. The summed E-state index contributed by atoms with van der Waals surface area (Å²) in [5, 5.41) is 13.4. The average Bonchev–Trinajstić information content (AvgIpc) is 2.47. The molecule has 1 amide bonds. The van der Waals surface area contributed by atoms with Gasteiger partial charge >= 0.3 is 0 Å². The third-order valence-electron chi connectivity index (χ3n) is 5.39. The number of carbonyl (C=O) groups excluding carboxylic acids is 1. The van der Waals surface area contributed by atoms with Crippen molar-refractivity contribution in [3.05, 3.63) is 0 Å². The van der Waals surface area contributed by atoms with E-state index in [0.29, 0.717) is 23.9 Å². The molecule has 134 valence electrons. The van der Waals surface area contributed by atoms with Crippen LogP contribution in [0, 0.1) is 5.41 Å². The summed E-state index contributed by atoms with van der Waals surface area (Å²) < 4.78 is 0. The SMILES string of the molecule is CC(C)(C)CCCC(=O)NC1CCN(C2CCCCC2O)CC1. The van der Waals surface area contributed by atoms with Gasteiger partial charge in [-0.3, -0.25) is 9.69 Å². The second-order valence-electron chi connectivity index (χ2n) is 8.71. The lowest BCUT2D eigenvalue weighted by Crippen LogP contribution is -2.52. The van der Waals surface area contributed by atoms with Crippen molar-refractivity contribution in [2.24, 2.45) is 5.41 Å². The standard InChI is InChI=1S/C19H36N2O2/c1-19(2,3)12-6-9-18(23)20-15-10-13-21(14-11-15)16-7-4-5-8-17(16)22/h15-17,22H,4-14H2,1-3H3,(H,20,23). The highest BCUT2D eigenvalue weighted by molar-refractivity contribution is 5.76. The van der Waals surface area contributed by atoms with Crippen molar-refractivity contribution in [2.75, 3.05) is 13.1 Å². The third-order valence-corrected chi connectivity index (χ3v) is 5.39. The Hall–Kier alpha value is -0.610. The molecule has 0 aromatic carbocycles. The number of piperidine rings is 1. The van der Waals surface area contributed by atoms with Gasteiger partial charge in [-0.25, -0.2) is 0 Å². The fourth-order valence-corrected chi connectivity index (χ4v) is 3.97. The number of amides is 1. The largest absolute Gasteiger partial charge is 0.391 e. The summed E-state index contributed by atoms with van der Waals surface area (Å²) in [5.74, 6) is 0.213. The van der Waals surface area contributed by atoms with E-state index in [-0.39, 0.29) is 12.0 Å². The number of likely N-dealkylation sites (tertiary alicyclic amines) is 1. The maximum Gasteiger partial charge on any atom is 0.220 e. The molecule has 1 aliphatic heterocycles. The molecule has 0 aromatic heterocycles. The molecule has 1 saturated carbocycles. The fraction of sp³-hybridized carbons (Fsp3) is 0.947. The van der Waals surface area contributed by atoms with Crippen LogP contribution >= 0.6 is 0 Å². The van der Waals surface area contributed by atoms with Crippen molar-refractivity contribution in [3.63, 3.8) is 0 Å². The van der Waals surface area contributed by atoms with Crippen LogP contribution in [0.15, 0.2) is 0 Å². The van der Waals surface area contributed by atoms with Gasteiger partial charge in [-0.05, 0) is 43.9 Å². The van der Waals surface area contributed by atoms with E-state index in [0.717, 1.165) is 51.6 Å². The molecule has 1 saturated heterocycles. The zero-order valence-corrected chi connectivity index (χ0v) is 15.3. The van der Waals surface area contributed by atoms with Crippen LogP contribution in [0.4, 0.5) is 0 Å². The summed E-state index contributed by atoms with van der Waals surface area (Å²) in [6.07, 6.45) is 9.11. The van der Waals surface area contributed by atoms with E-state index in [1.807, 2.05) is 0 Å². The maximum atomic E-state index is 12.1. The molecule has 2 N–H and O–H groups in total. The molecule has 1 heterocycles. The van der Waals surface area contributed by atoms with E-state index in [2.05, 4.69) is 31.0 Å². The highest BCUT2D eigenvalue weighted by Crippen LogP contribution is 2.26. The van der Waals surface area contributed by atoms with Gasteiger partial charge in [-0.15, -0.1) is 0 Å². The normalized spacial score (nSPS) is 27.8. The van der Waals surface area contributed by atoms with Crippen molar-refractivity contribution in [2.45, 2.75) is 96.7 Å². The fourth-order valence-electron chi connectivity index (χ4n) is 3.97. The Labute approximate surface area is 142 Å². The smallest absolute Gasteiger partial charge is 0.220 e. The summed E-state index contributed by atoms with van der Waals surface area (Å²) in [6, 6.07) is 0.682. The Morgan fingerprint density at radius 3 is 2.39 bits per heavy atom. The van der Waals surface area contributed by atoms with Crippen LogP contribution in [0.5, 0.6) is 0 Å². The molecular weight excluding hydrogens is 288 g/mol. The summed E-state index contributed by atoms with van der Waals surface area (Å²) in [4.78, 5) is 14.5. The van der Waals surface area contributed by atoms with Gasteiger partial charge in [0.1, 0.15) is 0 Å². The molecule has 2 rings (SSSR count). The molecule has 1 aliphatic carbocycles. The van der Waals surface area contributed by atoms with Crippen LogP contribution in [0.2, 0.25) is 0 Å². The van der Waals surface area contributed by atoms with Crippen molar-refractivity contribution >= 4 is 5.91 Å². The van der Waals surface area contributed by atoms with Gasteiger partial charge in [-0.1, -0.05) is 33.6 Å². The topological polar surface area (TPSA) is 52.6 Å². The molecule has 4 nitrogen and oxygen atoms in total. The summed E-state index contributed by atoms with van der Waals surface area (Å²) in [6.45, 7) is 8.68. The predicted molar refractivity (Wildman–Crippen MR) is 94.3 cm³/mol. The highest BCUT2D eigenvalue weighted by Gasteiger charge is 2.31. The molecule has 0 radical (unpaired) electrons. The minimum absolute atomic E-state index is 0.146. The first-order valence-electron chi connectivity index (χ1n) is 9.57. The van der Waals surface area contributed by atoms with Gasteiger partial charge in [0.05, 0.1) is 6.10 Å². The third kappa shape index (κ3) is 6.42. The van der Waals surface area contributed by atoms with Gasteiger partial charge in [-0.2, -0.15) is 0 Å². The van der Waals surface area contributed by atoms with Crippen molar-refractivity contribution in [3.8, 4) is 0 Å². The van der Waals surface area contributed by atoms with E-state index in [1.54, 1.807) is 0 Å². The Morgan fingerprint density at radius 1 is 1.13 bits per heavy atom. The van der Waals surface area contributed by atoms with E-state index < -0.39 is 0 Å². The quantitative estimate of drug-likeness (QED) is 0.817. The van der Waals surface area contributed by atoms with E-state index in [9.17, 15) is 9.90 Å². The molecule has 2 aliphatic rings. The van der Waals surface area contributed by atoms with Crippen LogP contribution in [0.25, 0.3) is 0 Å². The van der Waals surface area contributed by atoms with Gasteiger partial charge < -0.3 is 10.4 Å². The Kier molecular flexibility index (Phi) is 6.90. The molecule has 23 heavy (non-hydrogen) atoms. The molecule has 0 aromatic rings. The molecule has 4 heteroatoms. The lowest BCUT2D eigenvalue weighted by atomic mass is 9.89. The van der Waals surface area contributed by atoms with Gasteiger partial charge in [0, 0.05) is 31.6 Å². The van der Waals surface area contributed by atoms with Crippen molar-refractivity contribution < 1.29 is 9.90 Å². The Bertz CT molecular complexity index is 370. The van der Waals surface area contributed by atoms with Gasteiger partial charge in [0.2, 0.25) is 5.91 Å². The summed E-state index contributed by atoms with van der Waals surface area (Å²) in [5.41, 5.74) is 0.312. The molecule has 2 atom stereocenters. The molecular formula is C19H36N2O2. The maximum absolute atomic E-state index is 12.1. The van der Waals surface area contributed by atoms with Crippen LogP contribution < -0.4 is 5.32 Å². The minimum Gasteiger partial charge on any atom is -0.391 e. The molecule has 2 unspecified atom stereocenters. The molecule has 2 fully saturated rings. The number of hydrogen-bond donors (Lipinski definition) is 2. The zero-order chi connectivity index (χ0) is 16.9. The summed E-state index contributed by atoms with van der Waals surface area (Å²) in [7, 11) is 0. The second kappa shape index (κ2) is 8.48. The van der Waals surface area contributed by atoms with Crippen molar-refractivity contribution in [1.82, 2.24) is 10.2 Å². The van der Waals surface area contributed by atoms with Gasteiger partial charge in [0.25, 0.3) is 0 Å². The lowest BCUT2D eigenvalue weighted by Gasteiger charge is -2.41. The first-order chi connectivity index (χ1) is 10.8. The number of nitrogens with zero attached hydrogens (tertiary/aromatic N) is 1. The number of aliphatic hydroxyl groups excluding tert-OH is 1. The van der Waals surface area contributed by atoms with Crippen molar-refractivity contribution in [1.29, 1.82) is 0 Å². The van der Waals surface area contributed by atoms with E-state index in [1.165, 1.54) is 12.8 Å². The van der Waals surface area contributed by atoms with Crippen LogP contribution in [0.1, 0.15) is 78.6 Å². The Balaban J connectivity index is 1.65. The van der Waals surface area contributed by atoms with Crippen LogP contribution in [-0.2, 0) is 4.79 Å². The minimum atomic E-state index is -0.146. The van der Waals surface area contributed by atoms with Gasteiger partial charge in [0.15, 0.2) is 0 Å². The van der Waals surface area contributed by atoms with Crippen LogP contribution in [0.3, 0.4) is 0 Å². The number of nitrogens with one attached hydrogen (secondary N) is 1. The first-order valence-corrected chi connectivity index (χ1v) is 9.57. The van der Waals surface area contributed by atoms with Crippen LogP contribution in [-0.4, -0.2) is 47.2 Å². The summed E-state index contributed by atoms with van der Waals surface area (Å²) >= 11 is 0. The van der Waals surface area contributed by atoms with E-state index >= 15 is 0 Å². The number of rotatable bonds is 5. The average molecular weight is 325 g/mol. The number of aliphatic hydroxyl groups is 1. The lowest BCUT2D eigenvalue weighted by molar-refractivity contribution is -0.122. The second-order valence-corrected chi connectivity index (χ2v) is 8.71. The Morgan fingerprint density at radius 2 is 1.78 bits per heavy atom. The highest BCUT2D eigenvalue weighted by atomic mass is 16.3. The zero-order valence-electron chi connectivity index (χ0n) is 15.3. The molecule has 0 bridgehead atoms.